The van der Waals surface area contributed by atoms with E-state index in [9.17, 15) is 9.59 Å². The summed E-state index contributed by atoms with van der Waals surface area (Å²) < 4.78 is 10.7. The molecule has 0 saturated carbocycles. The maximum atomic E-state index is 11.9. The molecule has 1 aliphatic rings. The second-order valence-electron chi connectivity index (χ2n) is 5.55. The van der Waals surface area contributed by atoms with Crippen LogP contribution in [-0.4, -0.2) is 47.7 Å². The molecule has 0 spiro atoms. The summed E-state index contributed by atoms with van der Waals surface area (Å²) >= 11 is 0. The molecule has 1 amide bonds. The number of ether oxygens (including phenoxy) is 2. The lowest BCUT2D eigenvalue weighted by Crippen LogP contribution is -2.56. The van der Waals surface area contributed by atoms with Gasteiger partial charge >= 0.3 is 6.09 Å². The molecule has 1 fully saturated rings. The lowest BCUT2D eigenvalue weighted by atomic mass is 9.98. The molecule has 1 aliphatic heterocycles. The zero-order valence-corrected chi connectivity index (χ0v) is 11.5. The van der Waals surface area contributed by atoms with Crippen molar-refractivity contribution >= 4 is 11.9 Å². The number of morpholine rings is 1. The van der Waals surface area contributed by atoms with Crippen LogP contribution in [0.3, 0.4) is 0 Å². The van der Waals surface area contributed by atoms with Crippen molar-refractivity contribution < 1.29 is 19.1 Å². The monoisotopic (exact) mass is 255 g/mol. The molecule has 0 aromatic rings. The highest BCUT2D eigenvalue weighted by molar-refractivity contribution is 5.96. The number of ketones is 1. The highest BCUT2D eigenvalue weighted by atomic mass is 16.6. The van der Waals surface area contributed by atoms with Gasteiger partial charge < -0.3 is 14.4 Å². The van der Waals surface area contributed by atoms with E-state index in [1.54, 1.807) is 27.7 Å². The minimum atomic E-state index is -1.02. The van der Waals surface area contributed by atoms with E-state index in [0.29, 0.717) is 13.2 Å². The van der Waals surface area contributed by atoms with Crippen LogP contribution in [0.2, 0.25) is 0 Å². The predicted molar refractivity (Wildman–Crippen MR) is 67.4 cm³/mol. The summed E-state index contributed by atoms with van der Waals surface area (Å²) in [4.78, 5) is 25.1. The number of rotatable bonds is 2. The first-order chi connectivity index (χ1) is 8.18. The van der Waals surface area contributed by atoms with Gasteiger partial charge in [-0.2, -0.15) is 0 Å². The Labute approximate surface area is 108 Å². The summed E-state index contributed by atoms with van der Waals surface area (Å²) in [6, 6.07) is 0. The van der Waals surface area contributed by atoms with Crippen molar-refractivity contribution in [1.82, 2.24) is 4.90 Å². The minimum absolute atomic E-state index is 0.187. The Kier molecular flexibility index (Phi) is 4.16. The number of hydrogen-bond donors (Lipinski definition) is 0. The molecule has 102 valence electrons. The van der Waals surface area contributed by atoms with Crippen molar-refractivity contribution in [3.8, 4) is 0 Å². The van der Waals surface area contributed by atoms with E-state index in [-0.39, 0.29) is 12.3 Å². The van der Waals surface area contributed by atoms with E-state index in [0.717, 1.165) is 0 Å². The Morgan fingerprint density at radius 2 is 2.06 bits per heavy atom. The zero-order chi connectivity index (χ0) is 14.0. The summed E-state index contributed by atoms with van der Waals surface area (Å²) in [7, 11) is 0. The lowest BCUT2D eigenvalue weighted by molar-refractivity contribution is -0.147. The summed E-state index contributed by atoms with van der Waals surface area (Å²) in [6.07, 6.45) is 0.798. The Morgan fingerprint density at radius 3 is 2.56 bits per heavy atom. The molecule has 0 radical (unpaired) electrons. The SMILES string of the molecule is C=CC(=O)C1(C)CN(C(=O)OC(C)(C)C)CCO1. The van der Waals surface area contributed by atoms with Crippen LogP contribution in [0.5, 0.6) is 0 Å². The van der Waals surface area contributed by atoms with E-state index in [1.807, 2.05) is 0 Å². The van der Waals surface area contributed by atoms with Crippen LogP contribution in [0, 0.1) is 0 Å². The number of carbonyl (C=O) groups excluding carboxylic acids is 2. The zero-order valence-electron chi connectivity index (χ0n) is 11.5. The molecule has 1 rings (SSSR count). The summed E-state index contributed by atoms with van der Waals surface area (Å²) in [5, 5.41) is 0. The third kappa shape index (κ3) is 3.57. The molecule has 0 N–H and O–H groups in total. The van der Waals surface area contributed by atoms with Crippen LogP contribution in [0.25, 0.3) is 0 Å². The Balaban J connectivity index is 2.72. The van der Waals surface area contributed by atoms with Crippen molar-refractivity contribution in [2.45, 2.75) is 38.9 Å². The van der Waals surface area contributed by atoms with Crippen LogP contribution in [0.1, 0.15) is 27.7 Å². The van der Waals surface area contributed by atoms with E-state index in [2.05, 4.69) is 6.58 Å². The Bertz CT molecular complexity index is 358. The van der Waals surface area contributed by atoms with Gasteiger partial charge in [0.15, 0.2) is 5.78 Å². The smallest absolute Gasteiger partial charge is 0.410 e. The second kappa shape index (κ2) is 5.10. The Morgan fingerprint density at radius 1 is 1.44 bits per heavy atom. The molecule has 1 heterocycles. The van der Waals surface area contributed by atoms with Gasteiger partial charge in [-0.15, -0.1) is 0 Å². The average Bonchev–Trinajstić information content (AvgIpc) is 2.25. The fourth-order valence-electron chi connectivity index (χ4n) is 1.72. The molecule has 0 aromatic heterocycles. The summed E-state index contributed by atoms with van der Waals surface area (Å²) in [5.41, 5.74) is -1.56. The van der Waals surface area contributed by atoms with Crippen LogP contribution >= 0.6 is 0 Å². The van der Waals surface area contributed by atoms with E-state index >= 15 is 0 Å². The molecule has 0 aliphatic carbocycles. The summed E-state index contributed by atoms with van der Waals surface area (Å²) in [5.74, 6) is -0.226. The van der Waals surface area contributed by atoms with Gasteiger partial charge in [0.1, 0.15) is 11.2 Å². The molecule has 5 nitrogen and oxygen atoms in total. The number of carbonyl (C=O) groups is 2. The first-order valence-electron chi connectivity index (χ1n) is 5.97. The lowest BCUT2D eigenvalue weighted by Gasteiger charge is -2.39. The molecule has 0 aromatic carbocycles. The highest BCUT2D eigenvalue weighted by Gasteiger charge is 2.40. The van der Waals surface area contributed by atoms with Crippen LogP contribution in [0.4, 0.5) is 4.79 Å². The standard InChI is InChI=1S/C13H21NO4/c1-6-10(15)13(5)9-14(7-8-17-13)11(16)18-12(2,3)4/h6H,1,7-9H2,2-5H3. The first-order valence-corrected chi connectivity index (χ1v) is 5.97. The predicted octanol–water partition coefficient (Wildman–Crippen LogP) is 1.77. The largest absolute Gasteiger partial charge is 0.444 e. The highest BCUT2D eigenvalue weighted by Crippen LogP contribution is 2.21. The Hall–Kier alpha value is -1.36. The van der Waals surface area contributed by atoms with Gasteiger partial charge in [0.25, 0.3) is 0 Å². The molecule has 0 bridgehead atoms. The van der Waals surface area contributed by atoms with Crippen LogP contribution in [-0.2, 0) is 14.3 Å². The van der Waals surface area contributed by atoms with Crippen LogP contribution < -0.4 is 0 Å². The van der Waals surface area contributed by atoms with Gasteiger partial charge in [0.2, 0.25) is 0 Å². The molecular weight excluding hydrogens is 234 g/mol. The maximum Gasteiger partial charge on any atom is 0.410 e. The normalized spacial score (nSPS) is 24.6. The van der Waals surface area contributed by atoms with Crippen molar-refractivity contribution in [1.29, 1.82) is 0 Å². The fraction of sp³-hybridized carbons (Fsp3) is 0.692. The molecule has 5 heteroatoms. The van der Waals surface area contributed by atoms with E-state index in [4.69, 9.17) is 9.47 Å². The van der Waals surface area contributed by atoms with E-state index < -0.39 is 17.3 Å². The average molecular weight is 255 g/mol. The maximum absolute atomic E-state index is 11.9. The number of amides is 1. The van der Waals surface area contributed by atoms with Crippen molar-refractivity contribution in [3.05, 3.63) is 12.7 Å². The van der Waals surface area contributed by atoms with Gasteiger partial charge in [-0.3, -0.25) is 4.79 Å². The van der Waals surface area contributed by atoms with Gasteiger partial charge in [0.05, 0.1) is 13.2 Å². The van der Waals surface area contributed by atoms with Crippen molar-refractivity contribution in [3.63, 3.8) is 0 Å². The topological polar surface area (TPSA) is 55.8 Å². The van der Waals surface area contributed by atoms with Gasteiger partial charge in [-0.05, 0) is 33.8 Å². The quantitative estimate of drug-likeness (QED) is 0.706. The number of nitrogens with zero attached hydrogens (tertiary/aromatic N) is 1. The third-order valence-electron chi connectivity index (χ3n) is 2.63. The van der Waals surface area contributed by atoms with Gasteiger partial charge in [-0.1, -0.05) is 6.58 Å². The molecule has 1 saturated heterocycles. The van der Waals surface area contributed by atoms with Gasteiger partial charge in [-0.25, -0.2) is 4.79 Å². The molecule has 1 atom stereocenters. The molecular formula is C13H21NO4. The fourth-order valence-corrected chi connectivity index (χ4v) is 1.72. The summed E-state index contributed by atoms with van der Waals surface area (Å²) in [6.45, 7) is 11.4. The van der Waals surface area contributed by atoms with Crippen molar-refractivity contribution in [2.24, 2.45) is 0 Å². The first kappa shape index (κ1) is 14.7. The van der Waals surface area contributed by atoms with Gasteiger partial charge in [0, 0.05) is 6.54 Å². The molecule has 18 heavy (non-hydrogen) atoms. The number of hydrogen-bond acceptors (Lipinski definition) is 4. The van der Waals surface area contributed by atoms with E-state index in [1.165, 1.54) is 11.0 Å². The third-order valence-corrected chi connectivity index (χ3v) is 2.63. The van der Waals surface area contributed by atoms with Crippen LogP contribution in [0.15, 0.2) is 12.7 Å². The molecule has 1 unspecified atom stereocenters. The van der Waals surface area contributed by atoms with Crippen molar-refractivity contribution in [2.75, 3.05) is 19.7 Å². The minimum Gasteiger partial charge on any atom is -0.444 e. The second-order valence-corrected chi connectivity index (χ2v) is 5.55.